The van der Waals surface area contributed by atoms with Crippen molar-refractivity contribution in [2.75, 3.05) is 0 Å². The van der Waals surface area contributed by atoms with Crippen LogP contribution in [-0.2, 0) is 6.42 Å². The molecule has 0 radical (unpaired) electrons. The zero-order chi connectivity index (χ0) is 7.40. The smallest absolute Gasteiger partial charge is 0.250 e. The number of aromatic nitrogens is 2. The minimum atomic E-state index is -0.222. The summed E-state index contributed by atoms with van der Waals surface area (Å²) >= 11 is 0. The molecule has 0 spiro atoms. The Bertz CT molecular complexity index is 309. The lowest BCUT2D eigenvalue weighted by Gasteiger charge is -1.88. The summed E-state index contributed by atoms with van der Waals surface area (Å²) in [5.74, 6) is 0.412. The third kappa shape index (κ3) is 1.42. The molecule has 0 saturated carbocycles. The molecule has 0 aromatic carbocycles. The number of nitrogens with one attached hydrogen (secondary N) is 1. The third-order valence-electron chi connectivity index (χ3n) is 0.970. The van der Waals surface area contributed by atoms with Gasteiger partial charge < -0.3 is 4.98 Å². The van der Waals surface area contributed by atoms with E-state index in [0.717, 1.165) is 0 Å². The average molecular weight is 135 g/mol. The number of nitrogens with zero attached hydrogens (tertiary/aromatic N) is 2. The molecule has 4 heteroatoms. The van der Waals surface area contributed by atoms with Gasteiger partial charge >= 0.3 is 0 Å². The van der Waals surface area contributed by atoms with E-state index in [9.17, 15) is 4.79 Å². The lowest BCUT2D eigenvalue weighted by molar-refractivity contribution is 0.969. The van der Waals surface area contributed by atoms with Crippen molar-refractivity contribution in [1.82, 2.24) is 9.97 Å². The zero-order valence-electron chi connectivity index (χ0n) is 5.16. The number of aromatic amines is 1. The van der Waals surface area contributed by atoms with Gasteiger partial charge in [0.1, 0.15) is 5.82 Å². The fourth-order valence-corrected chi connectivity index (χ4v) is 0.576. The summed E-state index contributed by atoms with van der Waals surface area (Å²) in [6.07, 6.45) is 1.53. The number of H-pyrrole nitrogens is 1. The molecule has 0 unspecified atom stereocenters. The van der Waals surface area contributed by atoms with Gasteiger partial charge in [0.15, 0.2) is 0 Å². The summed E-state index contributed by atoms with van der Waals surface area (Å²) in [4.78, 5) is 16.7. The van der Waals surface area contributed by atoms with Crippen molar-refractivity contribution in [2.45, 2.75) is 6.42 Å². The third-order valence-corrected chi connectivity index (χ3v) is 0.970. The SMILES string of the molecule is N#CCc1nccc(=O)[nH]1. The Morgan fingerprint density at radius 2 is 2.60 bits per heavy atom. The van der Waals surface area contributed by atoms with E-state index in [1.807, 2.05) is 6.07 Å². The number of hydrogen-bond acceptors (Lipinski definition) is 3. The zero-order valence-corrected chi connectivity index (χ0v) is 5.16. The van der Waals surface area contributed by atoms with Gasteiger partial charge in [-0.1, -0.05) is 0 Å². The fraction of sp³-hybridized carbons (Fsp3) is 0.167. The molecule has 0 aliphatic rings. The van der Waals surface area contributed by atoms with E-state index in [2.05, 4.69) is 9.97 Å². The van der Waals surface area contributed by atoms with Crippen LogP contribution in [0.4, 0.5) is 0 Å². The van der Waals surface area contributed by atoms with Gasteiger partial charge in [-0.25, -0.2) is 4.98 Å². The lowest BCUT2D eigenvalue weighted by Crippen LogP contribution is -2.07. The lowest BCUT2D eigenvalue weighted by atomic mass is 10.4. The molecule has 0 atom stereocenters. The maximum atomic E-state index is 10.6. The summed E-state index contributed by atoms with van der Waals surface area (Å²) in [5, 5.41) is 8.20. The van der Waals surface area contributed by atoms with Gasteiger partial charge in [0.25, 0.3) is 5.56 Å². The predicted octanol–water partition coefficient (Wildman–Crippen LogP) is -0.164. The van der Waals surface area contributed by atoms with Crippen LogP contribution in [-0.4, -0.2) is 9.97 Å². The highest BCUT2D eigenvalue weighted by molar-refractivity contribution is 4.95. The fourth-order valence-electron chi connectivity index (χ4n) is 0.576. The highest BCUT2D eigenvalue weighted by Crippen LogP contribution is 1.81. The van der Waals surface area contributed by atoms with Gasteiger partial charge in [0.2, 0.25) is 0 Å². The monoisotopic (exact) mass is 135 g/mol. The Morgan fingerprint density at radius 1 is 1.80 bits per heavy atom. The Morgan fingerprint density at radius 3 is 3.20 bits per heavy atom. The van der Waals surface area contributed by atoms with E-state index in [-0.39, 0.29) is 12.0 Å². The van der Waals surface area contributed by atoms with Crippen molar-refractivity contribution >= 4 is 0 Å². The van der Waals surface area contributed by atoms with Crippen molar-refractivity contribution in [3.05, 3.63) is 28.4 Å². The van der Waals surface area contributed by atoms with Crippen LogP contribution in [0.1, 0.15) is 5.82 Å². The van der Waals surface area contributed by atoms with Gasteiger partial charge in [0, 0.05) is 12.3 Å². The van der Waals surface area contributed by atoms with E-state index in [0.29, 0.717) is 5.82 Å². The van der Waals surface area contributed by atoms with Crippen LogP contribution in [0.15, 0.2) is 17.1 Å². The topological polar surface area (TPSA) is 69.5 Å². The molecule has 0 fully saturated rings. The molecule has 1 rings (SSSR count). The first-order valence-corrected chi connectivity index (χ1v) is 2.74. The number of rotatable bonds is 1. The van der Waals surface area contributed by atoms with E-state index < -0.39 is 0 Å². The van der Waals surface area contributed by atoms with Crippen molar-refractivity contribution in [1.29, 1.82) is 5.26 Å². The van der Waals surface area contributed by atoms with Crippen molar-refractivity contribution < 1.29 is 0 Å². The van der Waals surface area contributed by atoms with E-state index in [1.165, 1.54) is 12.3 Å². The van der Waals surface area contributed by atoms with Gasteiger partial charge in [0.05, 0.1) is 12.5 Å². The largest absolute Gasteiger partial charge is 0.310 e. The first-order chi connectivity index (χ1) is 4.83. The number of hydrogen-bond donors (Lipinski definition) is 1. The molecule has 0 saturated heterocycles. The molecular weight excluding hydrogens is 130 g/mol. The highest BCUT2D eigenvalue weighted by Gasteiger charge is 1.90. The Hall–Kier alpha value is -1.63. The molecule has 1 N–H and O–H groups in total. The van der Waals surface area contributed by atoms with Crippen LogP contribution in [0, 0.1) is 11.3 Å². The Kier molecular flexibility index (Phi) is 1.80. The molecule has 0 aliphatic carbocycles. The maximum absolute atomic E-state index is 10.6. The van der Waals surface area contributed by atoms with E-state index in [1.54, 1.807) is 0 Å². The Labute approximate surface area is 57.2 Å². The van der Waals surface area contributed by atoms with E-state index in [4.69, 9.17) is 5.26 Å². The first kappa shape index (κ1) is 6.49. The van der Waals surface area contributed by atoms with Crippen LogP contribution >= 0.6 is 0 Å². The molecule has 0 bridgehead atoms. The first-order valence-electron chi connectivity index (χ1n) is 2.74. The summed E-state index contributed by atoms with van der Waals surface area (Å²) in [6.45, 7) is 0. The van der Waals surface area contributed by atoms with Crippen molar-refractivity contribution in [2.24, 2.45) is 0 Å². The van der Waals surface area contributed by atoms with Gasteiger partial charge in [-0.05, 0) is 0 Å². The molecule has 1 aromatic rings. The normalized spacial score (nSPS) is 8.70. The van der Waals surface area contributed by atoms with Crippen molar-refractivity contribution in [3.8, 4) is 6.07 Å². The minimum Gasteiger partial charge on any atom is -0.310 e. The summed E-state index contributed by atoms with van der Waals surface area (Å²) in [6, 6.07) is 3.18. The molecule has 4 nitrogen and oxygen atoms in total. The van der Waals surface area contributed by atoms with Crippen molar-refractivity contribution in [3.63, 3.8) is 0 Å². The minimum absolute atomic E-state index is 0.149. The highest BCUT2D eigenvalue weighted by atomic mass is 16.1. The van der Waals surface area contributed by atoms with Crippen LogP contribution in [0.3, 0.4) is 0 Å². The number of nitriles is 1. The second-order valence-electron chi connectivity index (χ2n) is 1.72. The van der Waals surface area contributed by atoms with Gasteiger partial charge in [-0.15, -0.1) is 0 Å². The standard InChI is InChI=1S/C6H5N3O/c7-3-1-5-8-4-2-6(10)9-5/h2,4H,1H2,(H,8,9,10). The molecule has 0 amide bonds. The molecule has 1 aromatic heterocycles. The van der Waals surface area contributed by atoms with Crippen LogP contribution in [0.2, 0.25) is 0 Å². The molecule has 1 heterocycles. The summed E-state index contributed by atoms with van der Waals surface area (Å²) < 4.78 is 0. The van der Waals surface area contributed by atoms with Crippen LogP contribution in [0.5, 0.6) is 0 Å². The molecule has 50 valence electrons. The molecule has 0 aliphatic heterocycles. The summed E-state index contributed by atoms with van der Waals surface area (Å²) in [7, 11) is 0. The Balaban J connectivity index is 2.98. The van der Waals surface area contributed by atoms with E-state index >= 15 is 0 Å². The average Bonchev–Trinajstić information content (AvgIpc) is 1.88. The van der Waals surface area contributed by atoms with Crippen LogP contribution in [0.25, 0.3) is 0 Å². The van der Waals surface area contributed by atoms with Crippen LogP contribution < -0.4 is 5.56 Å². The second-order valence-corrected chi connectivity index (χ2v) is 1.72. The molecule has 10 heavy (non-hydrogen) atoms. The van der Waals surface area contributed by atoms with Gasteiger partial charge in [-0.3, -0.25) is 4.79 Å². The predicted molar refractivity (Wildman–Crippen MR) is 34.2 cm³/mol. The summed E-state index contributed by atoms with van der Waals surface area (Å²) in [5.41, 5.74) is -0.222. The molecular formula is C6H5N3O. The van der Waals surface area contributed by atoms with Gasteiger partial charge in [-0.2, -0.15) is 5.26 Å². The maximum Gasteiger partial charge on any atom is 0.250 e. The quantitative estimate of drug-likeness (QED) is 0.581. The second kappa shape index (κ2) is 2.78.